The lowest BCUT2D eigenvalue weighted by molar-refractivity contribution is -0.659. The third-order valence-corrected chi connectivity index (χ3v) is 4.82. The molecule has 0 radical (unpaired) electrons. The van der Waals surface area contributed by atoms with Crippen LogP contribution in [0, 0.1) is 6.92 Å². The number of furan rings is 1. The highest BCUT2D eigenvalue weighted by Gasteiger charge is 2.19. The minimum atomic E-state index is 0.829. The van der Waals surface area contributed by atoms with Crippen molar-refractivity contribution in [3.05, 3.63) is 72.4 Å². The van der Waals surface area contributed by atoms with Gasteiger partial charge in [0, 0.05) is 10.9 Å². The van der Waals surface area contributed by atoms with E-state index < -0.39 is 0 Å². The van der Waals surface area contributed by atoms with Crippen LogP contribution in [0.15, 0.2) is 71.3 Å². The van der Waals surface area contributed by atoms with Gasteiger partial charge in [-0.05, 0) is 30.7 Å². The van der Waals surface area contributed by atoms with E-state index in [9.17, 15) is 0 Å². The first-order valence-electron chi connectivity index (χ1n) is 8.38. The molecule has 5 aromatic rings. The average molecular weight is 325 g/mol. The van der Waals surface area contributed by atoms with Crippen LogP contribution in [0.1, 0.15) is 5.56 Å². The zero-order valence-electron chi connectivity index (χ0n) is 14.2. The van der Waals surface area contributed by atoms with Crippen molar-refractivity contribution in [3.8, 4) is 11.3 Å². The second-order valence-electron chi connectivity index (χ2n) is 6.49. The van der Waals surface area contributed by atoms with Gasteiger partial charge in [-0.3, -0.25) is 0 Å². The molecule has 0 atom stereocenters. The second-order valence-corrected chi connectivity index (χ2v) is 6.49. The Morgan fingerprint density at radius 3 is 2.60 bits per heavy atom. The van der Waals surface area contributed by atoms with Crippen molar-refractivity contribution < 1.29 is 8.98 Å². The summed E-state index contributed by atoms with van der Waals surface area (Å²) in [7, 11) is 2.07. The molecule has 2 aromatic carbocycles. The topological polar surface area (TPSA) is 29.9 Å². The third kappa shape index (κ3) is 2.13. The number of hydrogen-bond donors (Lipinski definition) is 0. The minimum Gasteiger partial charge on any atom is -0.454 e. The van der Waals surface area contributed by atoms with E-state index in [0.717, 1.165) is 38.7 Å². The number of fused-ring (bicyclic) bond motifs is 4. The fraction of sp³-hybridized carbons (Fsp3) is 0.0909. The Morgan fingerprint density at radius 2 is 1.72 bits per heavy atom. The highest BCUT2D eigenvalue weighted by Crippen LogP contribution is 2.31. The number of rotatable bonds is 1. The summed E-state index contributed by atoms with van der Waals surface area (Å²) >= 11 is 0. The van der Waals surface area contributed by atoms with Crippen molar-refractivity contribution in [2.75, 3.05) is 0 Å². The Bertz CT molecular complexity index is 1270. The van der Waals surface area contributed by atoms with Gasteiger partial charge in [0.1, 0.15) is 23.5 Å². The standard InChI is InChI=1S/C22H17N2O/c1-14-7-3-5-9-16(14)19-12-20-17(13-24(19)2)22-21(25-20)11-15-8-4-6-10-18(15)23-22/h3-13H,1-2H3/q+1. The number of nitrogens with zero attached hydrogens (tertiary/aromatic N) is 2. The highest BCUT2D eigenvalue weighted by atomic mass is 16.3. The highest BCUT2D eigenvalue weighted by molar-refractivity contribution is 6.05. The number of pyridine rings is 2. The molecule has 0 spiro atoms. The summed E-state index contributed by atoms with van der Waals surface area (Å²) in [4.78, 5) is 4.82. The van der Waals surface area contributed by atoms with Crippen LogP contribution in [0.2, 0.25) is 0 Å². The van der Waals surface area contributed by atoms with E-state index in [1.165, 1.54) is 11.1 Å². The average Bonchev–Trinajstić information content (AvgIpc) is 2.96. The molecule has 3 aromatic heterocycles. The SMILES string of the molecule is Cc1ccccc1-c1cc2oc3cc4ccccc4nc3c2c[n+]1C. The predicted octanol–water partition coefficient (Wildman–Crippen LogP) is 4.93. The third-order valence-electron chi connectivity index (χ3n) is 4.82. The van der Waals surface area contributed by atoms with Gasteiger partial charge in [0.05, 0.1) is 11.6 Å². The monoisotopic (exact) mass is 325 g/mol. The van der Waals surface area contributed by atoms with Crippen LogP contribution < -0.4 is 4.57 Å². The predicted molar refractivity (Wildman–Crippen MR) is 100 cm³/mol. The number of aryl methyl sites for hydroxylation is 2. The summed E-state index contributed by atoms with van der Waals surface area (Å²) in [6.45, 7) is 2.13. The Balaban J connectivity index is 1.84. The molecule has 0 bridgehead atoms. The molecule has 3 heteroatoms. The maximum Gasteiger partial charge on any atom is 0.216 e. The van der Waals surface area contributed by atoms with Gasteiger partial charge < -0.3 is 4.42 Å². The van der Waals surface area contributed by atoms with E-state index in [1.807, 2.05) is 18.2 Å². The number of aromatic nitrogens is 2. The van der Waals surface area contributed by atoms with Gasteiger partial charge in [0.25, 0.3) is 0 Å². The lowest BCUT2D eigenvalue weighted by Gasteiger charge is -2.03. The zero-order valence-corrected chi connectivity index (χ0v) is 14.2. The maximum absolute atomic E-state index is 6.14. The molecule has 0 fully saturated rings. The zero-order chi connectivity index (χ0) is 17.0. The van der Waals surface area contributed by atoms with Crippen LogP contribution >= 0.6 is 0 Å². The number of hydrogen-bond acceptors (Lipinski definition) is 2. The van der Waals surface area contributed by atoms with Gasteiger partial charge in [0.2, 0.25) is 5.69 Å². The van der Waals surface area contributed by atoms with Crippen molar-refractivity contribution in [3.63, 3.8) is 0 Å². The van der Waals surface area contributed by atoms with E-state index in [-0.39, 0.29) is 0 Å². The van der Waals surface area contributed by atoms with Crippen molar-refractivity contribution in [1.82, 2.24) is 4.98 Å². The molecule has 3 heterocycles. The molecule has 0 N–H and O–H groups in total. The first-order valence-corrected chi connectivity index (χ1v) is 8.38. The smallest absolute Gasteiger partial charge is 0.216 e. The van der Waals surface area contributed by atoms with Crippen molar-refractivity contribution in [2.24, 2.45) is 7.05 Å². The minimum absolute atomic E-state index is 0.829. The molecule has 120 valence electrons. The summed E-state index contributed by atoms with van der Waals surface area (Å²) in [5, 5.41) is 2.14. The Kier molecular flexibility index (Phi) is 2.92. The Morgan fingerprint density at radius 1 is 0.920 bits per heavy atom. The molecule has 0 saturated heterocycles. The van der Waals surface area contributed by atoms with Crippen LogP contribution in [0.3, 0.4) is 0 Å². The van der Waals surface area contributed by atoms with Crippen LogP contribution in [0.5, 0.6) is 0 Å². The molecule has 0 unspecified atom stereocenters. The molecular weight excluding hydrogens is 308 g/mol. The fourth-order valence-electron chi connectivity index (χ4n) is 3.51. The summed E-state index contributed by atoms with van der Waals surface area (Å²) in [6.07, 6.45) is 2.12. The van der Waals surface area contributed by atoms with Crippen LogP contribution in [-0.4, -0.2) is 4.98 Å². The Hall–Kier alpha value is -3.20. The Labute approximate surface area is 145 Å². The van der Waals surface area contributed by atoms with Gasteiger partial charge in [-0.1, -0.05) is 36.4 Å². The molecule has 0 aliphatic rings. The molecule has 0 saturated carbocycles. The van der Waals surface area contributed by atoms with E-state index in [2.05, 4.69) is 67.2 Å². The van der Waals surface area contributed by atoms with Crippen molar-refractivity contribution >= 4 is 33.0 Å². The molecule has 3 nitrogen and oxygen atoms in total. The van der Waals surface area contributed by atoms with Crippen LogP contribution in [0.25, 0.3) is 44.2 Å². The van der Waals surface area contributed by atoms with Gasteiger partial charge in [-0.25, -0.2) is 9.55 Å². The largest absolute Gasteiger partial charge is 0.454 e. The van der Waals surface area contributed by atoms with E-state index >= 15 is 0 Å². The molecule has 25 heavy (non-hydrogen) atoms. The molecule has 0 aliphatic heterocycles. The maximum atomic E-state index is 6.14. The number of para-hydroxylation sites is 1. The lowest BCUT2D eigenvalue weighted by Crippen LogP contribution is -2.30. The summed E-state index contributed by atoms with van der Waals surface area (Å²) in [5.41, 5.74) is 7.20. The van der Waals surface area contributed by atoms with E-state index in [4.69, 9.17) is 9.40 Å². The van der Waals surface area contributed by atoms with E-state index in [0.29, 0.717) is 0 Å². The van der Waals surface area contributed by atoms with Gasteiger partial charge in [-0.2, -0.15) is 0 Å². The van der Waals surface area contributed by atoms with Gasteiger partial charge >= 0.3 is 0 Å². The first kappa shape index (κ1) is 14.2. The molecule has 0 aliphatic carbocycles. The summed E-state index contributed by atoms with van der Waals surface area (Å²) in [5.74, 6) is 0. The molecule has 0 amide bonds. The van der Waals surface area contributed by atoms with Gasteiger partial charge in [0.15, 0.2) is 11.8 Å². The lowest BCUT2D eigenvalue weighted by atomic mass is 10.0. The van der Waals surface area contributed by atoms with Crippen LogP contribution in [-0.2, 0) is 7.05 Å². The molecular formula is C22H17N2O+. The summed E-state index contributed by atoms with van der Waals surface area (Å²) in [6, 6.07) is 20.7. The first-order chi connectivity index (χ1) is 12.2. The van der Waals surface area contributed by atoms with Crippen molar-refractivity contribution in [1.29, 1.82) is 0 Å². The quantitative estimate of drug-likeness (QED) is 0.409. The van der Waals surface area contributed by atoms with Gasteiger partial charge in [-0.15, -0.1) is 0 Å². The second kappa shape index (κ2) is 5.15. The fourth-order valence-corrected chi connectivity index (χ4v) is 3.51. The molecule has 5 rings (SSSR count). The van der Waals surface area contributed by atoms with E-state index in [1.54, 1.807) is 0 Å². The van der Waals surface area contributed by atoms with Crippen LogP contribution in [0.4, 0.5) is 0 Å². The number of benzene rings is 2. The normalized spacial score (nSPS) is 11.6. The van der Waals surface area contributed by atoms with Crippen molar-refractivity contribution in [2.45, 2.75) is 6.92 Å². The summed E-state index contributed by atoms with van der Waals surface area (Å²) < 4.78 is 8.29.